The molecule has 1 aromatic heterocycles. The zero-order valence-electron chi connectivity index (χ0n) is 11.6. The van der Waals surface area contributed by atoms with Gasteiger partial charge in [0.25, 0.3) is 5.91 Å². The van der Waals surface area contributed by atoms with Gasteiger partial charge in [-0.2, -0.15) is 0 Å². The van der Waals surface area contributed by atoms with Gasteiger partial charge in [0.05, 0.1) is 24.8 Å². The highest BCUT2D eigenvalue weighted by molar-refractivity contribution is 6.04. The molecule has 0 saturated carbocycles. The molecule has 0 aliphatic carbocycles. The van der Waals surface area contributed by atoms with Crippen LogP contribution in [0.2, 0.25) is 0 Å². The van der Waals surface area contributed by atoms with Crippen LogP contribution in [0, 0.1) is 0 Å². The predicted molar refractivity (Wildman–Crippen MR) is 80.6 cm³/mol. The maximum absolute atomic E-state index is 12.8. The van der Waals surface area contributed by atoms with Gasteiger partial charge in [0.2, 0.25) is 0 Å². The van der Waals surface area contributed by atoms with E-state index in [1.165, 1.54) is 0 Å². The summed E-state index contributed by atoms with van der Waals surface area (Å²) in [6, 6.07) is 14.6. The lowest BCUT2D eigenvalue weighted by Gasteiger charge is -2.08. The molecule has 3 aromatic rings. The Labute approximate surface area is 122 Å². The minimum absolute atomic E-state index is 0.104. The minimum atomic E-state index is -0.177. The molecule has 0 aliphatic heterocycles. The van der Waals surface area contributed by atoms with E-state index in [0.717, 1.165) is 16.5 Å². The summed E-state index contributed by atoms with van der Waals surface area (Å²) in [4.78, 5) is 12.8. The average Bonchev–Trinajstić information content (AvgIpc) is 2.93. The smallest absolute Gasteiger partial charge is 0.266 e. The van der Waals surface area contributed by atoms with Crippen molar-refractivity contribution < 1.29 is 14.6 Å². The van der Waals surface area contributed by atoms with E-state index in [1.807, 2.05) is 30.3 Å². The molecule has 21 heavy (non-hydrogen) atoms. The zero-order valence-corrected chi connectivity index (χ0v) is 11.6. The van der Waals surface area contributed by atoms with Crippen LogP contribution in [0.1, 0.15) is 15.9 Å². The molecule has 0 fully saturated rings. The van der Waals surface area contributed by atoms with Crippen molar-refractivity contribution in [3.05, 3.63) is 65.9 Å². The lowest BCUT2D eigenvalue weighted by atomic mass is 10.2. The fourth-order valence-electron chi connectivity index (χ4n) is 2.50. The Bertz CT molecular complexity index is 805. The van der Waals surface area contributed by atoms with Gasteiger partial charge in [-0.05, 0) is 18.2 Å². The van der Waals surface area contributed by atoms with Gasteiger partial charge >= 0.3 is 0 Å². The van der Waals surface area contributed by atoms with Crippen LogP contribution in [0.25, 0.3) is 10.9 Å². The number of carbonyl (C=O) groups is 1. The molecule has 4 heteroatoms. The van der Waals surface area contributed by atoms with Crippen LogP contribution in [0.15, 0.2) is 54.7 Å². The van der Waals surface area contributed by atoms with E-state index in [1.54, 1.807) is 36.1 Å². The Morgan fingerprint density at radius 2 is 1.86 bits per heavy atom. The molecular weight excluding hydrogens is 266 g/mol. The molecule has 0 saturated heterocycles. The van der Waals surface area contributed by atoms with Crippen LogP contribution >= 0.6 is 0 Å². The van der Waals surface area contributed by atoms with E-state index in [9.17, 15) is 9.90 Å². The molecule has 4 nitrogen and oxygen atoms in total. The highest BCUT2D eigenvalue weighted by atomic mass is 16.5. The third-order valence-electron chi connectivity index (χ3n) is 3.52. The van der Waals surface area contributed by atoms with E-state index < -0.39 is 0 Å². The number of nitrogens with zero attached hydrogens (tertiary/aromatic N) is 1. The van der Waals surface area contributed by atoms with Crippen molar-refractivity contribution in [1.82, 2.24) is 4.57 Å². The van der Waals surface area contributed by atoms with E-state index in [2.05, 4.69) is 0 Å². The number of fused-ring (bicyclic) bond motifs is 1. The van der Waals surface area contributed by atoms with Crippen LogP contribution in [0.5, 0.6) is 5.75 Å². The normalized spacial score (nSPS) is 10.8. The van der Waals surface area contributed by atoms with Crippen molar-refractivity contribution in [3.63, 3.8) is 0 Å². The molecule has 0 atom stereocenters. The molecule has 0 amide bonds. The number of ether oxygens (including phenoxy) is 1. The molecule has 2 aromatic carbocycles. The summed E-state index contributed by atoms with van der Waals surface area (Å²) in [5, 5.41) is 10.3. The first kappa shape index (κ1) is 13.4. The summed E-state index contributed by atoms with van der Waals surface area (Å²) >= 11 is 0. The molecular formula is C17H15NO3. The molecule has 106 valence electrons. The molecule has 0 bridgehead atoms. The van der Waals surface area contributed by atoms with Gasteiger partial charge in [-0.25, -0.2) is 0 Å². The molecule has 0 spiro atoms. The number of aliphatic hydroxyl groups excluding tert-OH is 1. The van der Waals surface area contributed by atoms with Crippen molar-refractivity contribution in [2.45, 2.75) is 6.61 Å². The summed E-state index contributed by atoms with van der Waals surface area (Å²) in [5.74, 6) is 0.356. The van der Waals surface area contributed by atoms with Crippen molar-refractivity contribution >= 4 is 16.8 Å². The maximum Gasteiger partial charge on any atom is 0.266 e. The van der Waals surface area contributed by atoms with Crippen LogP contribution in [0.3, 0.4) is 0 Å². The number of methoxy groups -OCH3 is 1. The molecule has 0 radical (unpaired) electrons. The van der Waals surface area contributed by atoms with Gasteiger partial charge < -0.3 is 9.84 Å². The first-order chi connectivity index (χ1) is 10.3. The molecule has 0 aliphatic rings. The highest BCUT2D eigenvalue weighted by Gasteiger charge is 2.17. The van der Waals surface area contributed by atoms with Crippen LogP contribution in [-0.2, 0) is 6.61 Å². The monoisotopic (exact) mass is 281 g/mol. The third-order valence-corrected chi connectivity index (χ3v) is 3.52. The van der Waals surface area contributed by atoms with E-state index in [-0.39, 0.29) is 12.5 Å². The van der Waals surface area contributed by atoms with Gasteiger partial charge in [-0.1, -0.05) is 30.3 Å². The van der Waals surface area contributed by atoms with Gasteiger partial charge in [0.15, 0.2) is 0 Å². The van der Waals surface area contributed by atoms with Crippen LogP contribution < -0.4 is 4.74 Å². The van der Waals surface area contributed by atoms with Gasteiger partial charge in [0.1, 0.15) is 5.75 Å². The van der Waals surface area contributed by atoms with Crippen molar-refractivity contribution in [1.29, 1.82) is 0 Å². The van der Waals surface area contributed by atoms with Gasteiger partial charge in [-0.15, -0.1) is 0 Å². The van der Waals surface area contributed by atoms with E-state index >= 15 is 0 Å². The van der Waals surface area contributed by atoms with Crippen molar-refractivity contribution in [2.75, 3.05) is 7.11 Å². The Morgan fingerprint density at radius 1 is 1.14 bits per heavy atom. The fraction of sp³-hybridized carbons (Fsp3) is 0.118. The average molecular weight is 281 g/mol. The predicted octanol–water partition coefficient (Wildman–Crippen LogP) is 2.83. The van der Waals surface area contributed by atoms with Crippen LogP contribution in [-0.4, -0.2) is 22.7 Å². The Morgan fingerprint density at radius 3 is 2.62 bits per heavy atom. The molecule has 3 rings (SSSR count). The molecule has 0 unspecified atom stereocenters. The first-order valence-corrected chi connectivity index (χ1v) is 6.64. The SMILES string of the molecule is COc1ccccc1C(=O)n1cc(CO)c2ccccc21. The minimum Gasteiger partial charge on any atom is -0.496 e. The van der Waals surface area contributed by atoms with Gasteiger partial charge in [-0.3, -0.25) is 9.36 Å². The number of aliphatic hydroxyl groups is 1. The van der Waals surface area contributed by atoms with E-state index in [4.69, 9.17) is 4.74 Å². The zero-order chi connectivity index (χ0) is 14.8. The molecule has 1 heterocycles. The van der Waals surface area contributed by atoms with Crippen molar-refractivity contribution in [3.8, 4) is 5.75 Å². The quantitative estimate of drug-likeness (QED) is 0.803. The summed E-state index contributed by atoms with van der Waals surface area (Å²) < 4.78 is 6.80. The van der Waals surface area contributed by atoms with Crippen LogP contribution in [0.4, 0.5) is 0 Å². The highest BCUT2D eigenvalue weighted by Crippen LogP contribution is 2.25. The number of carbonyl (C=O) groups excluding carboxylic acids is 1. The second-order valence-corrected chi connectivity index (χ2v) is 4.71. The number of rotatable bonds is 3. The van der Waals surface area contributed by atoms with E-state index in [0.29, 0.717) is 11.3 Å². The number of hydrogen-bond acceptors (Lipinski definition) is 3. The molecule has 1 N–H and O–H groups in total. The summed E-state index contributed by atoms with van der Waals surface area (Å²) in [5.41, 5.74) is 2.00. The Kier molecular flexibility index (Phi) is 3.46. The summed E-state index contributed by atoms with van der Waals surface area (Å²) in [7, 11) is 1.54. The standard InChI is InChI=1S/C17H15NO3/c1-21-16-9-5-3-7-14(16)17(20)18-10-12(11-19)13-6-2-4-8-15(13)18/h2-10,19H,11H2,1H3. The second-order valence-electron chi connectivity index (χ2n) is 4.71. The lowest BCUT2D eigenvalue weighted by molar-refractivity contribution is 0.0961. The first-order valence-electron chi connectivity index (χ1n) is 6.64. The largest absolute Gasteiger partial charge is 0.496 e. The number of para-hydroxylation sites is 2. The number of aromatic nitrogens is 1. The van der Waals surface area contributed by atoms with Gasteiger partial charge in [0, 0.05) is 17.1 Å². The Hall–Kier alpha value is -2.59. The summed E-state index contributed by atoms with van der Waals surface area (Å²) in [6.45, 7) is -0.104. The van der Waals surface area contributed by atoms with Crippen molar-refractivity contribution in [2.24, 2.45) is 0 Å². The third kappa shape index (κ3) is 2.19. The fourth-order valence-corrected chi connectivity index (χ4v) is 2.50. The number of hydrogen-bond donors (Lipinski definition) is 1. The second kappa shape index (κ2) is 5.42. The Balaban J connectivity index is 2.18. The lowest BCUT2D eigenvalue weighted by Crippen LogP contribution is -2.12. The maximum atomic E-state index is 12.8. The topological polar surface area (TPSA) is 51.5 Å². The number of benzene rings is 2. The summed E-state index contributed by atoms with van der Waals surface area (Å²) in [6.07, 6.45) is 1.68.